The maximum Gasteiger partial charge on any atom is 0.418 e. The molecule has 9 heteroatoms. The van der Waals surface area contributed by atoms with Gasteiger partial charge in [-0.1, -0.05) is 31.2 Å². The predicted octanol–water partition coefficient (Wildman–Crippen LogP) is 4.51. The van der Waals surface area contributed by atoms with Gasteiger partial charge < -0.3 is 5.32 Å². The number of para-hydroxylation sites is 1. The second-order valence-corrected chi connectivity index (χ2v) is 8.66. The summed E-state index contributed by atoms with van der Waals surface area (Å²) in [5.74, 6) is -0.837. The van der Waals surface area contributed by atoms with Crippen molar-refractivity contribution in [2.75, 3.05) is 15.9 Å². The SMILES string of the molecule is CC[C@@H](C(=O)Nc1ccccc1C(F)(F)F)N(c1cc(C)ccc1C)S(C)(=O)=O. The molecule has 1 atom stereocenters. The quantitative estimate of drug-likeness (QED) is 0.737. The molecule has 0 fully saturated rings. The number of carbonyl (C=O) groups excluding carboxylic acids is 1. The van der Waals surface area contributed by atoms with Crippen molar-refractivity contribution < 1.29 is 26.4 Å². The number of rotatable bonds is 6. The van der Waals surface area contributed by atoms with E-state index >= 15 is 0 Å². The standard InChI is InChI=1S/C20H23F3N2O3S/c1-5-17(19(26)24-16-9-7-6-8-15(16)20(21,22)23)25(29(4,27)28)18-12-13(2)10-11-14(18)3/h6-12,17H,5H2,1-4H3,(H,24,26)/t17-/m0/s1. The smallest absolute Gasteiger partial charge is 0.324 e. The molecular formula is C20H23F3N2O3S. The van der Waals surface area contributed by atoms with Crippen molar-refractivity contribution in [2.24, 2.45) is 0 Å². The Hall–Kier alpha value is -2.55. The second-order valence-electron chi connectivity index (χ2n) is 6.81. The van der Waals surface area contributed by atoms with Crippen LogP contribution in [0.15, 0.2) is 42.5 Å². The highest BCUT2D eigenvalue weighted by molar-refractivity contribution is 7.92. The van der Waals surface area contributed by atoms with Crippen LogP contribution in [0.1, 0.15) is 30.0 Å². The van der Waals surface area contributed by atoms with E-state index in [9.17, 15) is 26.4 Å². The highest BCUT2D eigenvalue weighted by Crippen LogP contribution is 2.35. The van der Waals surface area contributed by atoms with E-state index in [-0.39, 0.29) is 6.42 Å². The fourth-order valence-corrected chi connectivity index (χ4v) is 4.31. The third-order valence-electron chi connectivity index (χ3n) is 4.42. The molecular weight excluding hydrogens is 405 g/mol. The summed E-state index contributed by atoms with van der Waals surface area (Å²) < 4.78 is 65.8. The van der Waals surface area contributed by atoms with E-state index in [0.717, 1.165) is 28.3 Å². The lowest BCUT2D eigenvalue weighted by atomic mass is 10.1. The van der Waals surface area contributed by atoms with Gasteiger partial charge in [-0.25, -0.2) is 8.42 Å². The molecule has 1 amide bonds. The number of carbonyl (C=O) groups is 1. The van der Waals surface area contributed by atoms with E-state index in [0.29, 0.717) is 11.3 Å². The molecule has 29 heavy (non-hydrogen) atoms. The molecule has 0 aliphatic rings. The van der Waals surface area contributed by atoms with Gasteiger partial charge in [0, 0.05) is 0 Å². The summed E-state index contributed by atoms with van der Waals surface area (Å²) in [7, 11) is -3.89. The van der Waals surface area contributed by atoms with E-state index in [4.69, 9.17) is 0 Å². The van der Waals surface area contributed by atoms with Gasteiger partial charge in [-0.3, -0.25) is 9.10 Å². The van der Waals surface area contributed by atoms with Crippen LogP contribution in [-0.4, -0.2) is 26.6 Å². The van der Waals surface area contributed by atoms with Crippen LogP contribution in [0.4, 0.5) is 24.5 Å². The number of aryl methyl sites for hydroxylation is 2. The number of nitrogens with one attached hydrogen (secondary N) is 1. The molecule has 0 aliphatic heterocycles. The maximum atomic E-state index is 13.2. The number of sulfonamides is 1. The maximum absolute atomic E-state index is 13.2. The summed E-state index contributed by atoms with van der Waals surface area (Å²) in [6, 6.07) is 8.53. The fraction of sp³-hybridized carbons (Fsp3) is 0.350. The number of anilines is 2. The number of nitrogens with zero attached hydrogens (tertiary/aromatic N) is 1. The van der Waals surface area contributed by atoms with Crippen LogP contribution in [0.3, 0.4) is 0 Å². The van der Waals surface area contributed by atoms with Crippen molar-refractivity contribution >= 4 is 27.3 Å². The lowest BCUT2D eigenvalue weighted by Gasteiger charge is -2.31. The summed E-state index contributed by atoms with van der Waals surface area (Å²) >= 11 is 0. The number of amides is 1. The minimum absolute atomic E-state index is 0.0699. The zero-order valence-corrected chi connectivity index (χ0v) is 17.4. The molecule has 0 bridgehead atoms. The van der Waals surface area contributed by atoms with Gasteiger partial charge in [0.2, 0.25) is 15.9 Å². The largest absolute Gasteiger partial charge is 0.418 e. The molecule has 2 aromatic carbocycles. The Labute approximate surface area is 168 Å². The van der Waals surface area contributed by atoms with Crippen molar-refractivity contribution in [1.29, 1.82) is 0 Å². The second kappa shape index (κ2) is 8.44. The number of alkyl halides is 3. The van der Waals surface area contributed by atoms with Crippen molar-refractivity contribution in [2.45, 2.75) is 39.4 Å². The first kappa shape index (κ1) is 22.7. The van der Waals surface area contributed by atoms with Crippen molar-refractivity contribution in [3.05, 3.63) is 59.2 Å². The average molecular weight is 428 g/mol. The Balaban J connectivity index is 2.50. The molecule has 2 aromatic rings. The van der Waals surface area contributed by atoms with Crippen LogP contribution < -0.4 is 9.62 Å². The highest BCUT2D eigenvalue weighted by Gasteiger charge is 2.36. The van der Waals surface area contributed by atoms with E-state index < -0.39 is 39.4 Å². The molecule has 5 nitrogen and oxygen atoms in total. The monoisotopic (exact) mass is 428 g/mol. The molecule has 1 N–H and O–H groups in total. The van der Waals surface area contributed by atoms with Crippen molar-refractivity contribution in [1.82, 2.24) is 0 Å². The van der Waals surface area contributed by atoms with Gasteiger partial charge in [-0.05, 0) is 49.6 Å². The Bertz CT molecular complexity index is 1000. The van der Waals surface area contributed by atoms with Gasteiger partial charge >= 0.3 is 6.18 Å². The van der Waals surface area contributed by atoms with Gasteiger partial charge in [0.25, 0.3) is 0 Å². The van der Waals surface area contributed by atoms with Gasteiger partial charge in [0.05, 0.1) is 23.2 Å². The van der Waals surface area contributed by atoms with Gasteiger partial charge in [0.15, 0.2) is 0 Å². The minimum atomic E-state index is -4.66. The molecule has 0 saturated heterocycles. The third kappa shape index (κ3) is 5.29. The molecule has 0 unspecified atom stereocenters. The number of halogens is 3. The number of hydrogen-bond donors (Lipinski definition) is 1. The topological polar surface area (TPSA) is 66.5 Å². The first-order chi connectivity index (χ1) is 13.4. The molecule has 0 saturated carbocycles. The molecule has 0 radical (unpaired) electrons. The summed E-state index contributed by atoms with van der Waals surface area (Å²) in [5.41, 5.74) is 0.317. The Kier molecular flexibility index (Phi) is 6.62. The average Bonchev–Trinajstić information content (AvgIpc) is 2.60. The van der Waals surface area contributed by atoms with Gasteiger partial charge in [-0.2, -0.15) is 13.2 Å². The number of benzene rings is 2. The number of hydrogen-bond acceptors (Lipinski definition) is 3. The lowest BCUT2D eigenvalue weighted by molar-refractivity contribution is -0.137. The van der Waals surface area contributed by atoms with Gasteiger partial charge in [0.1, 0.15) is 6.04 Å². The van der Waals surface area contributed by atoms with Crippen molar-refractivity contribution in [3.63, 3.8) is 0 Å². The molecule has 158 valence electrons. The summed E-state index contributed by atoms with van der Waals surface area (Å²) in [6.07, 6.45) is -3.62. The molecule has 2 rings (SSSR count). The highest BCUT2D eigenvalue weighted by atomic mass is 32.2. The zero-order chi connectivity index (χ0) is 22.0. The Morgan fingerprint density at radius 3 is 2.31 bits per heavy atom. The Morgan fingerprint density at radius 2 is 1.76 bits per heavy atom. The molecule has 0 spiro atoms. The zero-order valence-electron chi connectivity index (χ0n) is 16.5. The van der Waals surface area contributed by atoms with Crippen LogP contribution in [0, 0.1) is 13.8 Å². The molecule has 0 aliphatic carbocycles. The fourth-order valence-electron chi connectivity index (χ4n) is 3.05. The predicted molar refractivity (Wildman–Crippen MR) is 107 cm³/mol. The van der Waals surface area contributed by atoms with E-state index in [1.807, 2.05) is 0 Å². The van der Waals surface area contributed by atoms with E-state index in [1.54, 1.807) is 39.0 Å². The minimum Gasteiger partial charge on any atom is -0.324 e. The normalized spacial score (nSPS) is 13.1. The van der Waals surface area contributed by atoms with E-state index in [2.05, 4.69) is 5.32 Å². The molecule has 0 heterocycles. The molecule has 0 aromatic heterocycles. The summed E-state index contributed by atoms with van der Waals surface area (Å²) in [5, 5.41) is 2.26. The van der Waals surface area contributed by atoms with Crippen LogP contribution in [-0.2, 0) is 21.0 Å². The Morgan fingerprint density at radius 1 is 1.14 bits per heavy atom. The van der Waals surface area contributed by atoms with Crippen LogP contribution >= 0.6 is 0 Å². The third-order valence-corrected chi connectivity index (χ3v) is 5.59. The van der Waals surface area contributed by atoms with Crippen LogP contribution in [0.2, 0.25) is 0 Å². The summed E-state index contributed by atoms with van der Waals surface area (Å²) in [6.45, 7) is 5.09. The van der Waals surface area contributed by atoms with Gasteiger partial charge in [-0.15, -0.1) is 0 Å². The van der Waals surface area contributed by atoms with Crippen molar-refractivity contribution in [3.8, 4) is 0 Å². The first-order valence-electron chi connectivity index (χ1n) is 8.90. The first-order valence-corrected chi connectivity index (χ1v) is 10.7. The van der Waals surface area contributed by atoms with Crippen LogP contribution in [0.25, 0.3) is 0 Å². The van der Waals surface area contributed by atoms with Crippen LogP contribution in [0.5, 0.6) is 0 Å². The lowest BCUT2D eigenvalue weighted by Crippen LogP contribution is -2.47. The summed E-state index contributed by atoms with van der Waals surface area (Å²) in [4.78, 5) is 12.9. The van der Waals surface area contributed by atoms with E-state index in [1.165, 1.54) is 12.1 Å².